The van der Waals surface area contributed by atoms with Crippen LogP contribution in [0.2, 0.25) is 0 Å². The van der Waals surface area contributed by atoms with Crippen LogP contribution in [0.15, 0.2) is 108 Å². The van der Waals surface area contributed by atoms with Gasteiger partial charge in [-0.15, -0.1) is 0 Å². The second-order valence-corrected chi connectivity index (χ2v) is 27.4. The van der Waals surface area contributed by atoms with E-state index in [1.54, 1.807) is 11.1 Å². The maximum Gasteiger partial charge on any atom is 0.204 e. The molecular weight excluding hydrogens is 837 g/mol. The summed E-state index contributed by atoms with van der Waals surface area (Å²) in [6.07, 6.45) is 10.7. The van der Waals surface area contributed by atoms with Crippen LogP contribution in [0.25, 0.3) is 11.1 Å². The maximum atomic E-state index is 7.48. The molecule has 1 fully saturated rings. The number of benzene rings is 5. The van der Waals surface area contributed by atoms with Gasteiger partial charge in [-0.2, -0.15) is 0 Å². The van der Waals surface area contributed by atoms with Gasteiger partial charge in [0.2, 0.25) is 5.88 Å². The molecule has 0 saturated heterocycles. The van der Waals surface area contributed by atoms with Crippen LogP contribution in [-0.2, 0) is 43.3 Å². The smallest absolute Gasteiger partial charge is 0.204 e. The second-order valence-electron chi connectivity index (χ2n) is 27.4. The van der Waals surface area contributed by atoms with Gasteiger partial charge in [-0.25, -0.2) is 0 Å². The quantitative estimate of drug-likeness (QED) is 0.159. The molecule has 5 aliphatic carbocycles. The van der Waals surface area contributed by atoms with Gasteiger partial charge < -0.3 is 9.32 Å². The molecule has 2 bridgehead atoms. The predicted octanol–water partition coefficient (Wildman–Crippen LogP) is 19.0. The van der Waals surface area contributed by atoms with Crippen LogP contribution in [0.1, 0.15) is 205 Å². The average molecular weight is 917 g/mol. The van der Waals surface area contributed by atoms with E-state index in [4.69, 9.17) is 4.42 Å². The number of rotatable bonds is 7. The Morgan fingerprint density at radius 2 is 0.855 bits per heavy atom. The van der Waals surface area contributed by atoms with Crippen molar-refractivity contribution < 1.29 is 4.42 Å². The summed E-state index contributed by atoms with van der Waals surface area (Å²) >= 11 is 0. The second kappa shape index (κ2) is 15.0. The van der Waals surface area contributed by atoms with E-state index in [0.717, 1.165) is 43.0 Å². The summed E-state index contributed by atoms with van der Waals surface area (Å²) < 4.78 is 7.48. The van der Waals surface area contributed by atoms with Crippen molar-refractivity contribution in [3.05, 3.63) is 153 Å². The molecule has 69 heavy (non-hydrogen) atoms. The fourth-order valence-corrected chi connectivity index (χ4v) is 14.3. The van der Waals surface area contributed by atoms with E-state index in [2.05, 4.69) is 217 Å². The Balaban J connectivity index is 1.19. The lowest BCUT2D eigenvalue weighted by atomic mass is 9.62. The topological polar surface area (TPSA) is 19.6 Å². The molecule has 360 valence electrons. The van der Waals surface area contributed by atoms with E-state index >= 15 is 0 Å². The van der Waals surface area contributed by atoms with Gasteiger partial charge in [0.15, 0.2) is 0 Å². The Bertz CT molecular complexity index is 3010. The predicted molar refractivity (Wildman–Crippen MR) is 293 cm³/mol. The summed E-state index contributed by atoms with van der Waals surface area (Å²) in [4.78, 5) is 5.11. The van der Waals surface area contributed by atoms with Crippen molar-refractivity contribution in [2.24, 2.45) is 0 Å². The summed E-state index contributed by atoms with van der Waals surface area (Å²) in [5.41, 5.74) is 20.5. The Hall–Kier alpha value is -5.02. The van der Waals surface area contributed by atoms with Gasteiger partial charge in [-0.3, -0.25) is 4.90 Å². The van der Waals surface area contributed by atoms with Crippen molar-refractivity contribution in [2.75, 3.05) is 9.80 Å². The van der Waals surface area contributed by atoms with Crippen LogP contribution in [0.5, 0.6) is 0 Å². The number of fused-ring (bicyclic) bond motifs is 8. The molecule has 2 atom stereocenters. The molecule has 11 rings (SSSR count). The minimum Gasteiger partial charge on any atom is -0.444 e. The summed E-state index contributed by atoms with van der Waals surface area (Å²) in [6.45, 7) is 36.5. The highest BCUT2D eigenvalue weighted by atomic mass is 16.4. The summed E-state index contributed by atoms with van der Waals surface area (Å²) in [6, 6.07) is 41.0. The minimum absolute atomic E-state index is 0.00746. The number of furan rings is 1. The zero-order chi connectivity index (χ0) is 49.1. The number of aryl methyl sites for hydroxylation is 1. The van der Waals surface area contributed by atoms with Gasteiger partial charge in [-0.1, -0.05) is 139 Å². The molecule has 6 aromatic rings. The van der Waals surface area contributed by atoms with Crippen LogP contribution < -0.4 is 9.80 Å². The Labute approximate surface area is 416 Å². The van der Waals surface area contributed by atoms with E-state index in [0.29, 0.717) is 0 Å². The fourth-order valence-electron chi connectivity index (χ4n) is 14.3. The van der Waals surface area contributed by atoms with Gasteiger partial charge in [0, 0.05) is 39.7 Å². The highest BCUT2D eigenvalue weighted by Gasteiger charge is 2.53. The maximum absolute atomic E-state index is 7.48. The van der Waals surface area contributed by atoms with E-state index in [1.165, 1.54) is 99.4 Å². The largest absolute Gasteiger partial charge is 0.444 e. The highest BCUT2D eigenvalue weighted by Crippen LogP contribution is 2.62. The minimum atomic E-state index is -0.0804. The van der Waals surface area contributed by atoms with Crippen molar-refractivity contribution in [1.82, 2.24) is 0 Å². The SMILES string of the molecule is Cc1cc(N(c2ccc3c(c2)C(C)(C)CCC3(C)C)c2ccc3c(c2)C2(C)CCC3(C)C2)cc(N(c2cc3c(o2)C(C)(C)CCC3(C)C)c2cc3c(cc2-c2ccccc2)C(C)(C)CCC3(C)C)c1. The highest BCUT2D eigenvalue weighted by molar-refractivity contribution is 5.91. The lowest BCUT2D eigenvalue weighted by Crippen LogP contribution is -2.34. The van der Waals surface area contributed by atoms with E-state index in [9.17, 15) is 0 Å². The summed E-state index contributed by atoms with van der Waals surface area (Å²) in [5, 5.41) is 0. The normalized spacial score (nSPS) is 24.7. The molecule has 2 unspecified atom stereocenters. The Kier molecular flexibility index (Phi) is 10.1. The molecule has 0 radical (unpaired) electrons. The molecule has 1 saturated carbocycles. The molecule has 3 nitrogen and oxygen atoms in total. The third-order valence-corrected chi connectivity index (χ3v) is 19.2. The van der Waals surface area contributed by atoms with Crippen LogP contribution in [0, 0.1) is 6.92 Å². The molecule has 1 aromatic heterocycles. The van der Waals surface area contributed by atoms with Crippen molar-refractivity contribution >= 4 is 34.3 Å². The first-order chi connectivity index (χ1) is 32.2. The zero-order valence-corrected chi connectivity index (χ0v) is 45.0. The van der Waals surface area contributed by atoms with Crippen molar-refractivity contribution in [2.45, 2.75) is 205 Å². The number of hydrogen-bond acceptors (Lipinski definition) is 3. The molecule has 1 heterocycles. The number of anilines is 6. The van der Waals surface area contributed by atoms with Crippen LogP contribution in [-0.4, -0.2) is 0 Å². The molecule has 0 aliphatic heterocycles. The lowest BCUT2D eigenvalue weighted by Gasteiger charge is -2.43. The van der Waals surface area contributed by atoms with E-state index in [1.807, 2.05) is 0 Å². The van der Waals surface area contributed by atoms with Gasteiger partial charge in [-0.05, 0) is 202 Å². The Morgan fingerprint density at radius 1 is 0.377 bits per heavy atom. The van der Waals surface area contributed by atoms with E-state index < -0.39 is 0 Å². The standard InChI is InChI=1S/C66H80N2O/c1-42-33-46(67(44-21-23-49-51(36-44)60(4,5)26-25-59(49,2)3)45-22-24-50-54(37-45)66(15)32-31-65(50,14)41-66)35-47(34-42)68(57-40-55-58(69-57)64(12,13)30-29-63(55,10)11)56-39-53-52(61(6,7)27-28-62(53,8)9)38-48(56)43-19-17-16-18-20-43/h16-24,33-40H,25-32,41H2,1-15H3. The summed E-state index contributed by atoms with van der Waals surface area (Å²) in [7, 11) is 0. The lowest BCUT2D eigenvalue weighted by molar-refractivity contribution is 0.280. The Morgan fingerprint density at radius 3 is 1.45 bits per heavy atom. The average Bonchev–Trinajstić information content (AvgIpc) is 3.95. The number of nitrogens with zero attached hydrogens (tertiary/aromatic N) is 2. The molecule has 3 heteroatoms. The molecule has 0 spiro atoms. The van der Waals surface area contributed by atoms with Gasteiger partial charge >= 0.3 is 0 Å². The molecule has 5 aromatic carbocycles. The van der Waals surface area contributed by atoms with Gasteiger partial charge in [0.25, 0.3) is 0 Å². The monoisotopic (exact) mass is 917 g/mol. The van der Waals surface area contributed by atoms with Crippen LogP contribution >= 0.6 is 0 Å². The first-order valence-electron chi connectivity index (χ1n) is 26.6. The molecule has 0 N–H and O–H groups in total. The zero-order valence-electron chi connectivity index (χ0n) is 45.0. The first kappa shape index (κ1) is 46.4. The van der Waals surface area contributed by atoms with Gasteiger partial charge in [0.05, 0.1) is 11.4 Å². The molecule has 0 amide bonds. The van der Waals surface area contributed by atoms with Crippen LogP contribution in [0.3, 0.4) is 0 Å². The van der Waals surface area contributed by atoms with Crippen molar-refractivity contribution in [3.63, 3.8) is 0 Å². The fraction of sp³-hybridized carbons (Fsp3) is 0.485. The third kappa shape index (κ3) is 7.31. The summed E-state index contributed by atoms with van der Waals surface area (Å²) in [5.74, 6) is 2.02. The molecule has 5 aliphatic rings. The number of hydrogen-bond donors (Lipinski definition) is 0. The molecular formula is C66H80N2O. The third-order valence-electron chi connectivity index (χ3n) is 19.2. The van der Waals surface area contributed by atoms with Crippen LogP contribution in [0.4, 0.5) is 34.3 Å². The van der Waals surface area contributed by atoms with Crippen molar-refractivity contribution in [1.29, 1.82) is 0 Å². The van der Waals surface area contributed by atoms with Gasteiger partial charge in [0.1, 0.15) is 5.76 Å². The van der Waals surface area contributed by atoms with E-state index in [-0.39, 0.29) is 43.3 Å². The van der Waals surface area contributed by atoms with Crippen molar-refractivity contribution in [3.8, 4) is 11.1 Å². The first-order valence-corrected chi connectivity index (χ1v) is 26.6.